The number of carbonyl (C=O) groups is 1. The number of halogens is 2. The van der Waals surface area contributed by atoms with Gasteiger partial charge in [-0.2, -0.15) is 5.10 Å². The van der Waals surface area contributed by atoms with Crippen LogP contribution in [-0.2, 0) is 18.4 Å². The number of benzene rings is 1. The predicted molar refractivity (Wildman–Crippen MR) is 91.4 cm³/mol. The van der Waals surface area contributed by atoms with Crippen molar-refractivity contribution in [3.63, 3.8) is 0 Å². The normalized spacial score (nSPS) is 12.5. The highest BCUT2D eigenvalue weighted by molar-refractivity contribution is 9.10. The molecule has 1 unspecified atom stereocenters. The Labute approximate surface area is 144 Å². The molecule has 23 heavy (non-hydrogen) atoms. The molecule has 1 aromatic heterocycles. The van der Waals surface area contributed by atoms with Crippen LogP contribution in [0.15, 0.2) is 34.9 Å². The van der Waals surface area contributed by atoms with Crippen molar-refractivity contribution in [1.29, 1.82) is 0 Å². The highest BCUT2D eigenvalue weighted by Crippen LogP contribution is 2.27. The molecule has 0 aliphatic carbocycles. The summed E-state index contributed by atoms with van der Waals surface area (Å²) >= 11 is 3.33. The first-order chi connectivity index (χ1) is 10.8. The molecule has 0 aliphatic heterocycles. The van der Waals surface area contributed by atoms with Crippen LogP contribution in [-0.4, -0.2) is 27.6 Å². The average Bonchev–Trinajstić information content (AvgIpc) is 2.78. The van der Waals surface area contributed by atoms with E-state index < -0.39 is 0 Å². The highest BCUT2D eigenvalue weighted by Gasteiger charge is 2.27. The summed E-state index contributed by atoms with van der Waals surface area (Å²) in [5, 5.41) is 4.22. The van der Waals surface area contributed by atoms with Crippen LogP contribution in [0, 0.1) is 11.7 Å². The molecule has 0 radical (unpaired) electrons. The van der Waals surface area contributed by atoms with Crippen LogP contribution in [0.3, 0.4) is 0 Å². The number of rotatable bonds is 5. The van der Waals surface area contributed by atoms with Gasteiger partial charge in [-0.3, -0.25) is 9.48 Å². The van der Waals surface area contributed by atoms with Crippen molar-refractivity contribution in [3.05, 3.63) is 52.0 Å². The summed E-state index contributed by atoms with van der Waals surface area (Å²) < 4.78 is 15.6. The molecule has 4 nitrogen and oxygen atoms in total. The molecule has 2 rings (SSSR count). The monoisotopic (exact) mass is 381 g/mol. The Morgan fingerprint density at radius 3 is 2.43 bits per heavy atom. The lowest BCUT2D eigenvalue weighted by Gasteiger charge is -2.26. The summed E-state index contributed by atoms with van der Waals surface area (Å²) in [6.07, 6.45) is 0. The van der Waals surface area contributed by atoms with Crippen LogP contribution < -0.4 is 0 Å². The fraction of sp³-hybridized carbons (Fsp3) is 0.412. The number of carbonyl (C=O) groups excluding carboxylic acids is 1. The summed E-state index contributed by atoms with van der Waals surface area (Å²) in [6.45, 7) is 4.47. The average molecular weight is 382 g/mol. The van der Waals surface area contributed by atoms with Gasteiger partial charge in [-0.1, -0.05) is 26.0 Å². The van der Waals surface area contributed by atoms with Gasteiger partial charge in [-0.05, 0) is 45.6 Å². The number of hydrogen-bond acceptors (Lipinski definition) is 2. The standard InChI is InChI=1S/C17H21BrFN3O/c1-11(2)16(12-5-7-13(19)8-6-12)17(23)21(3)10-14-9-15(18)20-22(14)4/h5-9,11,16H,10H2,1-4H3. The molecule has 0 fully saturated rings. The van der Waals surface area contributed by atoms with Crippen LogP contribution in [0.25, 0.3) is 0 Å². The second-order valence-corrected chi connectivity index (χ2v) is 6.86. The second kappa shape index (κ2) is 7.25. The predicted octanol–water partition coefficient (Wildman–Crippen LogP) is 3.72. The van der Waals surface area contributed by atoms with Gasteiger partial charge in [0, 0.05) is 14.1 Å². The lowest BCUT2D eigenvalue weighted by molar-refractivity contribution is -0.133. The van der Waals surface area contributed by atoms with Gasteiger partial charge in [0.1, 0.15) is 10.4 Å². The maximum atomic E-state index is 13.1. The Bertz CT molecular complexity index is 682. The van der Waals surface area contributed by atoms with Crippen molar-refractivity contribution in [2.75, 3.05) is 7.05 Å². The molecule has 1 aromatic carbocycles. The maximum Gasteiger partial charge on any atom is 0.230 e. The molecular formula is C17H21BrFN3O. The van der Waals surface area contributed by atoms with Gasteiger partial charge >= 0.3 is 0 Å². The van der Waals surface area contributed by atoms with E-state index in [1.54, 1.807) is 28.8 Å². The summed E-state index contributed by atoms with van der Waals surface area (Å²) in [4.78, 5) is 14.6. The third-order valence-electron chi connectivity index (χ3n) is 3.88. The van der Waals surface area contributed by atoms with E-state index in [9.17, 15) is 9.18 Å². The van der Waals surface area contributed by atoms with E-state index in [1.807, 2.05) is 27.0 Å². The largest absolute Gasteiger partial charge is 0.339 e. The molecule has 1 heterocycles. The van der Waals surface area contributed by atoms with Crippen molar-refractivity contribution in [2.24, 2.45) is 13.0 Å². The van der Waals surface area contributed by atoms with Gasteiger partial charge in [-0.25, -0.2) is 4.39 Å². The number of aryl methyl sites for hydroxylation is 1. The molecule has 0 saturated heterocycles. The molecule has 0 aliphatic rings. The topological polar surface area (TPSA) is 38.1 Å². The minimum absolute atomic E-state index is 0.0175. The molecule has 0 spiro atoms. The first-order valence-corrected chi connectivity index (χ1v) is 8.27. The number of aromatic nitrogens is 2. The second-order valence-electron chi connectivity index (χ2n) is 6.05. The van der Waals surface area contributed by atoms with Gasteiger partial charge in [0.15, 0.2) is 0 Å². The third-order valence-corrected chi connectivity index (χ3v) is 4.27. The minimum Gasteiger partial charge on any atom is -0.339 e. The van der Waals surface area contributed by atoms with Gasteiger partial charge < -0.3 is 4.90 Å². The first-order valence-electron chi connectivity index (χ1n) is 7.48. The molecule has 6 heteroatoms. The molecule has 1 atom stereocenters. The quantitative estimate of drug-likeness (QED) is 0.791. The van der Waals surface area contributed by atoms with Crippen molar-refractivity contribution < 1.29 is 9.18 Å². The van der Waals surface area contributed by atoms with Crippen LogP contribution in [0.5, 0.6) is 0 Å². The maximum absolute atomic E-state index is 13.1. The number of hydrogen-bond donors (Lipinski definition) is 0. The van der Waals surface area contributed by atoms with E-state index in [4.69, 9.17) is 0 Å². The summed E-state index contributed by atoms with van der Waals surface area (Å²) in [5.74, 6) is -0.452. The van der Waals surface area contributed by atoms with Gasteiger partial charge in [0.2, 0.25) is 5.91 Å². The van der Waals surface area contributed by atoms with Gasteiger partial charge in [0.05, 0.1) is 18.2 Å². The van der Waals surface area contributed by atoms with Crippen LogP contribution in [0.1, 0.15) is 31.0 Å². The third kappa shape index (κ3) is 4.19. The minimum atomic E-state index is -0.295. The molecule has 124 valence electrons. The van der Waals surface area contributed by atoms with Crippen molar-refractivity contribution >= 4 is 21.8 Å². The smallest absolute Gasteiger partial charge is 0.230 e. The molecule has 2 aromatic rings. The zero-order valence-corrected chi connectivity index (χ0v) is 15.3. The molecular weight excluding hydrogens is 361 g/mol. The lowest BCUT2D eigenvalue weighted by Crippen LogP contribution is -2.34. The molecule has 0 saturated carbocycles. The van der Waals surface area contributed by atoms with Gasteiger partial charge in [0.25, 0.3) is 0 Å². The van der Waals surface area contributed by atoms with Crippen molar-refractivity contribution in [2.45, 2.75) is 26.3 Å². The van der Waals surface area contributed by atoms with Crippen LogP contribution in [0.2, 0.25) is 0 Å². The van der Waals surface area contributed by atoms with E-state index in [0.717, 1.165) is 15.9 Å². The number of amides is 1. The Kier molecular flexibility index (Phi) is 5.57. The Hall–Kier alpha value is -1.69. The fourth-order valence-corrected chi connectivity index (χ4v) is 3.16. The summed E-state index contributed by atoms with van der Waals surface area (Å²) in [6, 6.07) is 8.07. The summed E-state index contributed by atoms with van der Waals surface area (Å²) in [7, 11) is 3.63. The van der Waals surface area contributed by atoms with E-state index in [1.165, 1.54) is 12.1 Å². The summed E-state index contributed by atoms with van der Waals surface area (Å²) in [5.41, 5.74) is 1.78. The lowest BCUT2D eigenvalue weighted by atomic mass is 9.87. The SMILES string of the molecule is CC(C)C(C(=O)N(C)Cc1cc(Br)nn1C)c1ccc(F)cc1. The number of nitrogens with zero attached hydrogens (tertiary/aromatic N) is 3. The van der Waals surface area contributed by atoms with Crippen molar-refractivity contribution in [3.8, 4) is 0 Å². The molecule has 1 amide bonds. The highest BCUT2D eigenvalue weighted by atomic mass is 79.9. The Balaban J connectivity index is 2.20. The molecule has 0 bridgehead atoms. The van der Waals surface area contributed by atoms with Crippen LogP contribution in [0.4, 0.5) is 4.39 Å². The van der Waals surface area contributed by atoms with E-state index >= 15 is 0 Å². The van der Waals surface area contributed by atoms with Gasteiger partial charge in [-0.15, -0.1) is 0 Å². The van der Waals surface area contributed by atoms with Crippen molar-refractivity contribution in [1.82, 2.24) is 14.7 Å². The zero-order valence-electron chi connectivity index (χ0n) is 13.8. The fourth-order valence-electron chi connectivity index (χ4n) is 2.66. The Morgan fingerprint density at radius 2 is 1.96 bits per heavy atom. The zero-order chi connectivity index (χ0) is 17.1. The van der Waals surface area contributed by atoms with E-state index in [-0.39, 0.29) is 23.6 Å². The number of likely N-dealkylation sites (N-methyl/N-ethyl adjacent to an activating group) is 1. The van der Waals surface area contributed by atoms with E-state index in [2.05, 4.69) is 21.0 Å². The molecule has 0 N–H and O–H groups in total. The Morgan fingerprint density at radius 1 is 1.35 bits per heavy atom. The van der Waals surface area contributed by atoms with Crippen LogP contribution >= 0.6 is 15.9 Å². The first kappa shape index (κ1) is 17.7. The van der Waals surface area contributed by atoms with E-state index in [0.29, 0.717) is 6.54 Å².